The van der Waals surface area contributed by atoms with E-state index < -0.39 is 0 Å². The second kappa shape index (κ2) is 7.54. The minimum absolute atomic E-state index is 0.180. The number of benzene rings is 1. The third-order valence-corrected chi connectivity index (χ3v) is 4.95. The average molecular weight is 348 g/mol. The van der Waals surface area contributed by atoms with Crippen molar-refractivity contribution < 1.29 is 4.92 Å². The number of nitrogen functional groups attached to an aromatic ring is 1. The van der Waals surface area contributed by atoms with Gasteiger partial charge < -0.3 is 10.6 Å². The van der Waals surface area contributed by atoms with E-state index in [4.69, 9.17) is 5.73 Å². The number of hydrogen-bond donors (Lipinski definition) is 1. The second-order valence-electron chi connectivity index (χ2n) is 5.71. The molecule has 3 rings (SSSR count). The van der Waals surface area contributed by atoms with E-state index in [-0.39, 0.29) is 10.6 Å². The molecule has 128 valence electrons. The summed E-state index contributed by atoms with van der Waals surface area (Å²) < 4.78 is 0. The minimum Gasteiger partial charge on any atom is -0.374 e. The van der Waals surface area contributed by atoms with Crippen LogP contribution in [0.5, 0.6) is 0 Å². The third-order valence-electron chi connectivity index (χ3n) is 4.14. The summed E-state index contributed by atoms with van der Waals surface area (Å²) in [6, 6.07) is 6.95. The van der Waals surface area contributed by atoms with Crippen LogP contribution in [0.25, 0.3) is 0 Å². The molecule has 1 saturated heterocycles. The molecular formula is C15H20N6O2S. The fraction of sp³-hybridized carbons (Fsp3) is 0.467. The number of rotatable bonds is 6. The maximum absolute atomic E-state index is 11.2. The van der Waals surface area contributed by atoms with Crippen molar-refractivity contribution in [2.45, 2.75) is 12.8 Å². The first-order valence-corrected chi connectivity index (χ1v) is 8.74. The Labute approximate surface area is 144 Å². The number of aromatic nitrogens is 2. The molecule has 2 heterocycles. The van der Waals surface area contributed by atoms with Crippen molar-refractivity contribution >= 4 is 27.8 Å². The number of nitro benzene ring substituents is 1. The molecule has 1 aliphatic rings. The molecule has 1 aliphatic heterocycles. The highest BCUT2D eigenvalue weighted by Crippen LogP contribution is 2.28. The summed E-state index contributed by atoms with van der Waals surface area (Å²) in [5.41, 5.74) is 6.47. The van der Waals surface area contributed by atoms with Gasteiger partial charge in [-0.1, -0.05) is 23.5 Å². The van der Waals surface area contributed by atoms with Crippen LogP contribution < -0.4 is 10.6 Å². The lowest BCUT2D eigenvalue weighted by molar-refractivity contribution is -0.384. The van der Waals surface area contributed by atoms with Gasteiger partial charge in [-0.05, 0) is 19.0 Å². The number of nitrogens with zero attached hydrogens (tertiary/aromatic N) is 5. The van der Waals surface area contributed by atoms with Crippen LogP contribution in [-0.2, 0) is 6.42 Å². The number of piperazine rings is 1. The van der Waals surface area contributed by atoms with E-state index in [0.717, 1.165) is 50.6 Å². The molecule has 2 N–H and O–H groups in total. The maximum atomic E-state index is 11.2. The van der Waals surface area contributed by atoms with Crippen molar-refractivity contribution in [1.29, 1.82) is 0 Å². The summed E-state index contributed by atoms with van der Waals surface area (Å²) in [4.78, 5) is 15.3. The first-order chi connectivity index (χ1) is 11.6. The van der Waals surface area contributed by atoms with Crippen LogP contribution in [0.2, 0.25) is 0 Å². The quantitative estimate of drug-likeness (QED) is 0.627. The molecule has 8 nitrogen and oxygen atoms in total. The lowest BCUT2D eigenvalue weighted by atomic mass is 10.2. The molecule has 0 atom stereocenters. The highest BCUT2D eigenvalue weighted by molar-refractivity contribution is 7.15. The Balaban J connectivity index is 1.48. The molecule has 1 aromatic heterocycles. The molecule has 0 amide bonds. The van der Waals surface area contributed by atoms with Crippen molar-refractivity contribution in [3.8, 4) is 0 Å². The molecule has 0 spiro atoms. The zero-order valence-corrected chi connectivity index (χ0v) is 14.1. The van der Waals surface area contributed by atoms with Crippen molar-refractivity contribution in [3.05, 3.63) is 39.4 Å². The minimum atomic E-state index is -0.310. The highest BCUT2D eigenvalue weighted by Gasteiger charge is 2.22. The smallest absolute Gasteiger partial charge is 0.292 e. The summed E-state index contributed by atoms with van der Waals surface area (Å²) >= 11 is 1.44. The number of hydrogen-bond acceptors (Lipinski definition) is 8. The first-order valence-electron chi connectivity index (χ1n) is 7.92. The number of aryl methyl sites for hydroxylation is 1. The molecule has 0 saturated carbocycles. The van der Waals surface area contributed by atoms with Gasteiger partial charge in [0, 0.05) is 38.7 Å². The van der Waals surface area contributed by atoms with Crippen LogP contribution >= 0.6 is 11.3 Å². The summed E-state index contributed by atoms with van der Waals surface area (Å²) in [5.74, 6) is 0. The van der Waals surface area contributed by atoms with Gasteiger partial charge in [0.25, 0.3) is 5.69 Å². The Bertz CT molecular complexity index is 699. The SMILES string of the molecule is Nc1nnc(CCCN2CCN(c3ccccc3[N+](=O)[O-])CC2)s1. The number of anilines is 2. The van der Waals surface area contributed by atoms with Gasteiger partial charge in [-0.25, -0.2) is 0 Å². The Morgan fingerprint density at radius 3 is 2.62 bits per heavy atom. The fourth-order valence-electron chi connectivity index (χ4n) is 2.92. The Morgan fingerprint density at radius 1 is 1.21 bits per heavy atom. The van der Waals surface area contributed by atoms with Crippen LogP contribution in [0.4, 0.5) is 16.5 Å². The Kier molecular flexibility index (Phi) is 5.21. The van der Waals surface area contributed by atoms with Crippen LogP contribution in [0.1, 0.15) is 11.4 Å². The zero-order chi connectivity index (χ0) is 16.9. The summed E-state index contributed by atoms with van der Waals surface area (Å²) in [6.07, 6.45) is 1.90. The van der Waals surface area contributed by atoms with Crippen molar-refractivity contribution in [3.63, 3.8) is 0 Å². The molecule has 0 aliphatic carbocycles. The van der Waals surface area contributed by atoms with Gasteiger partial charge >= 0.3 is 0 Å². The summed E-state index contributed by atoms with van der Waals surface area (Å²) in [6.45, 7) is 4.41. The van der Waals surface area contributed by atoms with E-state index >= 15 is 0 Å². The van der Waals surface area contributed by atoms with Crippen molar-refractivity contribution in [2.75, 3.05) is 43.4 Å². The molecule has 1 aromatic carbocycles. The Morgan fingerprint density at radius 2 is 1.96 bits per heavy atom. The van der Waals surface area contributed by atoms with E-state index in [1.54, 1.807) is 12.1 Å². The van der Waals surface area contributed by atoms with Gasteiger partial charge in [0.05, 0.1) is 4.92 Å². The van der Waals surface area contributed by atoms with E-state index in [0.29, 0.717) is 10.8 Å². The third kappa shape index (κ3) is 3.98. The summed E-state index contributed by atoms with van der Waals surface area (Å²) in [5, 5.41) is 20.5. The van der Waals surface area contributed by atoms with Crippen LogP contribution in [-0.4, -0.2) is 52.7 Å². The lowest BCUT2D eigenvalue weighted by Gasteiger charge is -2.35. The normalized spacial score (nSPS) is 15.6. The number of para-hydroxylation sites is 2. The molecule has 1 fully saturated rings. The van der Waals surface area contributed by atoms with E-state index in [1.165, 1.54) is 11.3 Å². The highest BCUT2D eigenvalue weighted by atomic mass is 32.1. The predicted octanol–water partition coefficient (Wildman–Crippen LogP) is 1.78. The Hall–Kier alpha value is -2.26. The number of nitro groups is 1. The molecule has 24 heavy (non-hydrogen) atoms. The fourth-order valence-corrected chi connectivity index (χ4v) is 3.57. The molecule has 0 unspecified atom stereocenters. The lowest BCUT2D eigenvalue weighted by Crippen LogP contribution is -2.46. The van der Waals surface area contributed by atoms with E-state index in [2.05, 4.69) is 20.0 Å². The van der Waals surface area contributed by atoms with Gasteiger partial charge in [-0.15, -0.1) is 10.2 Å². The van der Waals surface area contributed by atoms with Gasteiger partial charge in [0.1, 0.15) is 10.7 Å². The van der Waals surface area contributed by atoms with Crippen molar-refractivity contribution in [2.24, 2.45) is 0 Å². The molecule has 0 bridgehead atoms. The van der Waals surface area contributed by atoms with Crippen LogP contribution in [0.15, 0.2) is 24.3 Å². The van der Waals surface area contributed by atoms with Crippen LogP contribution in [0, 0.1) is 10.1 Å². The van der Waals surface area contributed by atoms with E-state index in [1.807, 2.05) is 12.1 Å². The standard InChI is InChI=1S/C15H20N6O2S/c16-15-18-17-14(24-15)6-3-7-19-8-10-20(11-9-19)12-4-1-2-5-13(12)21(22)23/h1-2,4-5H,3,6-11H2,(H2,16,18). The maximum Gasteiger partial charge on any atom is 0.292 e. The molecular weight excluding hydrogens is 328 g/mol. The largest absolute Gasteiger partial charge is 0.374 e. The average Bonchev–Trinajstić information content (AvgIpc) is 3.01. The second-order valence-corrected chi connectivity index (χ2v) is 6.81. The van der Waals surface area contributed by atoms with Gasteiger partial charge in [-0.3, -0.25) is 15.0 Å². The summed E-state index contributed by atoms with van der Waals surface area (Å²) in [7, 11) is 0. The van der Waals surface area contributed by atoms with Crippen molar-refractivity contribution in [1.82, 2.24) is 15.1 Å². The predicted molar refractivity (Wildman–Crippen MR) is 94.4 cm³/mol. The van der Waals surface area contributed by atoms with Crippen LogP contribution in [0.3, 0.4) is 0 Å². The first kappa shape index (κ1) is 16.6. The topological polar surface area (TPSA) is 101 Å². The van der Waals surface area contributed by atoms with E-state index in [9.17, 15) is 10.1 Å². The van der Waals surface area contributed by atoms with Gasteiger partial charge in [0.2, 0.25) is 5.13 Å². The number of nitrogens with two attached hydrogens (primary N) is 1. The molecule has 2 aromatic rings. The van der Waals surface area contributed by atoms with Gasteiger partial charge in [-0.2, -0.15) is 0 Å². The molecule has 9 heteroatoms. The monoisotopic (exact) mass is 348 g/mol. The van der Waals surface area contributed by atoms with Gasteiger partial charge in [0.15, 0.2) is 0 Å². The zero-order valence-electron chi connectivity index (χ0n) is 13.3. The molecule has 0 radical (unpaired) electrons.